The highest BCUT2D eigenvalue weighted by Crippen LogP contribution is 2.24. The molecule has 140 valence electrons. The van der Waals surface area contributed by atoms with E-state index in [4.69, 9.17) is 9.47 Å². The molecule has 1 aromatic rings. The van der Waals surface area contributed by atoms with Crippen LogP contribution in [0.15, 0.2) is 24.3 Å². The molecule has 0 aliphatic carbocycles. The fourth-order valence-corrected chi connectivity index (χ4v) is 2.83. The van der Waals surface area contributed by atoms with E-state index in [1.807, 2.05) is 0 Å². The summed E-state index contributed by atoms with van der Waals surface area (Å²) in [4.78, 5) is 24.6. The van der Waals surface area contributed by atoms with Gasteiger partial charge in [-0.05, 0) is 36.3 Å². The van der Waals surface area contributed by atoms with Gasteiger partial charge in [0.2, 0.25) is 0 Å². The number of carbonyl (C=O) groups excluding carboxylic acids is 2. The van der Waals surface area contributed by atoms with E-state index in [2.05, 4.69) is 34.6 Å². The highest BCUT2D eigenvalue weighted by Gasteiger charge is 2.21. The molecule has 0 saturated carbocycles. The van der Waals surface area contributed by atoms with Gasteiger partial charge in [-0.3, -0.25) is 0 Å². The molecule has 0 aliphatic heterocycles. The van der Waals surface area contributed by atoms with Crippen LogP contribution in [-0.4, -0.2) is 25.2 Å². The molecule has 0 aliphatic rings. The van der Waals surface area contributed by atoms with Gasteiger partial charge in [-0.1, -0.05) is 59.6 Å². The standard InChI is InChI=1S/C21H32O4/c1-6-7-10-13-24-19(22)17-11-8-9-12-18(17)20(23)25-15-16(2)14-21(3,4)5/h8-9,11-12,16H,6-7,10,13-15H2,1-5H3. The number of esters is 2. The lowest BCUT2D eigenvalue weighted by atomic mass is 9.86. The Bertz CT molecular complexity index is 557. The van der Waals surface area contributed by atoms with Crippen molar-refractivity contribution in [3.8, 4) is 0 Å². The average Bonchev–Trinajstić information content (AvgIpc) is 2.55. The maximum absolute atomic E-state index is 12.4. The predicted octanol–water partition coefficient (Wildman–Crippen LogP) is 5.26. The molecular weight excluding hydrogens is 316 g/mol. The summed E-state index contributed by atoms with van der Waals surface area (Å²) in [6.45, 7) is 11.4. The van der Waals surface area contributed by atoms with Gasteiger partial charge in [0.25, 0.3) is 0 Å². The predicted molar refractivity (Wildman–Crippen MR) is 99.8 cm³/mol. The van der Waals surface area contributed by atoms with Gasteiger partial charge < -0.3 is 9.47 Å². The smallest absolute Gasteiger partial charge is 0.339 e. The summed E-state index contributed by atoms with van der Waals surface area (Å²) in [5.74, 6) is -0.676. The molecule has 1 rings (SSSR count). The Morgan fingerprint density at radius 3 is 2.08 bits per heavy atom. The monoisotopic (exact) mass is 348 g/mol. The largest absolute Gasteiger partial charge is 0.462 e. The third kappa shape index (κ3) is 8.19. The minimum Gasteiger partial charge on any atom is -0.462 e. The maximum Gasteiger partial charge on any atom is 0.339 e. The van der Waals surface area contributed by atoms with E-state index in [0.29, 0.717) is 13.2 Å². The number of benzene rings is 1. The maximum atomic E-state index is 12.4. The van der Waals surface area contributed by atoms with Crippen molar-refractivity contribution < 1.29 is 19.1 Å². The molecule has 0 N–H and O–H groups in total. The summed E-state index contributed by atoms with van der Waals surface area (Å²) < 4.78 is 10.7. The molecule has 0 fully saturated rings. The molecule has 4 nitrogen and oxygen atoms in total. The van der Waals surface area contributed by atoms with Crippen LogP contribution in [0.25, 0.3) is 0 Å². The van der Waals surface area contributed by atoms with Crippen molar-refractivity contribution in [3.63, 3.8) is 0 Å². The van der Waals surface area contributed by atoms with Crippen LogP contribution in [0.3, 0.4) is 0 Å². The summed E-state index contributed by atoms with van der Waals surface area (Å²) >= 11 is 0. The second kappa shape index (κ2) is 10.2. The van der Waals surface area contributed by atoms with Crippen LogP contribution >= 0.6 is 0 Å². The quantitative estimate of drug-likeness (QED) is 0.451. The van der Waals surface area contributed by atoms with Crippen molar-refractivity contribution in [2.24, 2.45) is 11.3 Å². The number of rotatable bonds is 9. The number of ether oxygens (including phenoxy) is 2. The molecule has 0 amide bonds. The van der Waals surface area contributed by atoms with Crippen molar-refractivity contribution in [1.82, 2.24) is 0 Å². The molecule has 0 aromatic heterocycles. The zero-order chi connectivity index (χ0) is 18.9. The first-order valence-corrected chi connectivity index (χ1v) is 9.18. The van der Waals surface area contributed by atoms with Crippen molar-refractivity contribution in [2.75, 3.05) is 13.2 Å². The molecule has 0 spiro atoms. The van der Waals surface area contributed by atoms with E-state index < -0.39 is 11.9 Å². The number of carbonyl (C=O) groups is 2. The normalized spacial score (nSPS) is 12.5. The topological polar surface area (TPSA) is 52.6 Å². The van der Waals surface area contributed by atoms with Crippen LogP contribution in [0.4, 0.5) is 0 Å². The highest BCUT2D eigenvalue weighted by molar-refractivity contribution is 6.03. The van der Waals surface area contributed by atoms with E-state index in [1.54, 1.807) is 24.3 Å². The second-order valence-corrected chi connectivity index (χ2v) is 7.86. The molecule has 0 saturated heterocycles. The molecule has 25 heavy (non-hydrogen) atoms. The van der Waals surface area contributed by atoms with E-state index in [-0.39, 0.29) is 22.5 Å². The van der Waals surface area contributed by atoms with Gasteiger partial charge in [-0.25, -0.2) is 9.59 Å². The van der Waals surface area contributed by atoms with Crippen molar-refractivity contribution in [1.29, 1.82) is 0 Å². The van der Waals surface area contributed by atoms with E-state index in [0.717, 1.165) is 25.7 Å². The highest BCUT2D eigenvalue weighted by atomic mass is 16.5. The SMILES string of the molecule is CCCCCOC(=O)c1ccccc1C(=O)OCC(C)CC(C)(C)C. The Morgan fingerprint density at radius 1 is 1.00 bits per heavy atom. The first-order chi connectivity index (χ1) is 11.7. The second-order valence-electron chi connectivity index (χ2n) is 7.86. The first-order valence-electron chi connectivity index (χ1n) is 9.18. The van der Waals surface area contributed by atoms with Crippen molar-refractivity contribution in [3.05, 3.63) is 35.4 Å². The van der Waals surface area contributed by atoms with Crippen LogP contribution in [0.1, 0.15) is 81.0 Å². The molecule has 0 bridgehead atoms. The molecule has 1 atom stereocenters. The number of hydrogen-bond donors (Lipinski definition) is 0. The third-order valence-electron chi connectivity index (χ3n) is 3.81. The number of hydrogen-bond acceptors (Lipinski definition) is 4. The fourth-order valence-electron chi connectivity index (χ4n) is 2.83. The van der Waals surface area contributed by atoms with Gasteiger partial charge in [-0.15, -0.1) is 0 Å². The lowest BCUT2D eigenvalue weighted by Gasteiger charge is -2.23. The van der Waals surface area contributed by atoms with Crippen LogP contribution in [-0.2, 0) is 9.47 Å². The molecule has 4 heteroatoms. The zero-order valence-electron chi connectivity index (χ0n) is 16.3. The Labute approximate surface area is 151 Å². The fraction of sp³-hybridized carbons (Fsp3) is 0.619. The third-order valence-corrected chi connectivity index (χ3v) is 3.81. The van der Waals surface area contributed by atoms with Crippen LogP contribution in [0.2, 0.25) is 0 Å². The molecule has 1 unspecified atom stereocenters. The molecular formula is C21H32O4. The van der Waals surface area contributed by atoms with E-state index in [9.17, 15) is 9.59 Å². The Hall–Kier alpha value is -1.84. The summed E-state index contributed by atoms with van der Waals surface area (Å²) in [6, 6.07) is 6.67. The van der Waals surface area contributed by atoms with Gasteiger partial charge in [0.05, 0.1) is 24.3 Å². The van der Waals surface area contributed by atoms with Crippen molar-refractivity contribution in [2.45, 2.75) is 60.3 Å². The van der Waals surface area contributed by atoms with Crippen LogP contribution in [0, 0.1) is 11.3 Å². The van der Waals surface area contributed by atoms with E-state index >= 15 is 0 Å². The molecule has 1 aromatic carbocycles. The van der Waals surface area contributed by atoms with Gasteiger partial charge in [-0.2, -0.15) is 0 Å². The Morgan fingerprint density at radius 2 is 1.56 bits per heavy atom. The first kappa shape index (κ1) is 21.2. The van der Waals surface area contributed by atoms with Gasteiger partial charge in [0, 0.05) is 0 Å². The minimum atomic E-state index is -0.470. The molecule has 0 radical (unpaired) electrons. The zero-order valence-corrected chi connectivity index (χ0v) is 16.3. The average molecular weight is 348 g/mol. The van der Waals surface area contributed by atoms with Gasteiger partial charge in [0.1, 0.15) is 0 Å². The Balaban J connectivity index is 2.65. The summed E-state index contributed by atoms with van der Waals surface area (Å²) in [7, 11) is 0. The van der Waals surface area contributed by atoms with Crippen LogP contribution in [0.5, 0.6) is 0 Å². The van der Waals surface area contributed by atoms with Gasteiger partial charge in [0.15, 0.2) is 0 Å². The minimum absolute atomic E-state index is 0.187. The number of unbranched alkanes of at least 4 members (excludes halogenated alkanes) is 2. The molecule has 0 heterocycles. The lowest BCUT2D eigenvalue weighted by Crippen LogP contribution is -2.19. The lowest BCUT2D eigenvalue weighted by molar-refractivity contribution is 0.0399. The van der Waals surface area contributed by atoms with Crippen molar-refractivity contribution >= 4 is 11.9 Å². The summed E-state index contributed by atoms with van der Waals surface area (Å²) in [5.41, 5.74) is 0.727. The summed E-state index contributed by atoms with van der Waals surface area (Å²) in [6.07, 6.45) is 3.87. The van der Waals surface area contributed by atoms with Crippen LogP contribution < -0.4 is 0 Å². The Kier molecular flexibility index (Phi) is 8.67. The summed E-state index contributed by atoms with van der Waals surface area (Å²) in [5, 5.41) is 0. The van der Waals surface area contributed by atoms with E-state index in [1.165, 1.54) is 0 Å². The van der Waals surface area contributed by atoms with Gasteiger partial charge >= 0.3 is 11.9 Å².